The number of amides is 1. The molecule has 0 saturated carbocycles. The van der Waals surface area contributed by atoms with Gasteiger partial charge in [-0.2, -0.15) is 0 Å². The first kappa shape index (κ1) is 14.6. The van der Waals surface area contributed by atoms with E-state index in [1.165, 1.54) is 7.11 Å². The van der Waals surface area contributed by atoms with Crippen molar-refractivity contribution >= 4 is 17.6 Å². The van der Waals surface area contributed by atoms with Gasteiger partial charge in [-0.3, -0.25) is 9.59 Å². The molecular weight excluding hydrogens is 270 g/mol. The molecule has 0 aliphatic carbocycles. The van der Waals surface area contributed by atoms with Gasteiger partial charge < -0.3 is 15.2 Å². The summed E-state index contributed by atoms with van der Waals surface area (Å²) in [5.74, 6) is -0.675. The summed E-state index contributed by atoms with van der Waals surface area (Å²) in [6.07, 6.45) is -0.144. The van der Waals surface area contributed by atoms with E-state index in [1.807, 2.05) is 0 Å². The molecule has 0 fully saturated rings. The Balaban J connectivity index is 2.21. The summed E-state index contributed by atoms with van der Waals surface area (Å²) in [6, 6.07) is 13.6. The van der Waals surface area contributed by atoms with E-state index in [9.17, 15) is 9.59 Å². The molecule has 2 rings (SSSR count). The average molecular weight is 285 g/mol. The summed E-state index contributed by atoms with van der Waals surface area (Å²) in [4.78, 5) is 23.0. The van der Waals surface area contributed by atoms with Crippen LogP contribution in [0.2, 0.25) is 0 Å². The summed E-state index contributed by atoms with van der Waals surface area (Å²) in [7, 11) is 1.53. The van der Waals surface area contributed by atoms with Gasteiger partial charge in [0, 0.05) is 11.3 Å². The number of carbonyl (C=O) groups excluding carboxylic acids is 1. The van der Waals surface area contributed by atoms with Crippen molar-refractivity contribution < 1.29 is 19.4 Å². The molecule has 0 spiro atoms. The first-order valence-electron chi connectivity index (χ1n) is 6.35. The number of aliphatic carboxylic acids is 1. The van der Waals surface area contributed by atoms with E-state index >= 15 is 0 Å². The molecule has 2 aromatic carbocycles. The van der Waals surface area contributed by atoms with Crippen molar-refractivity contribution in [1.82, 2.24) is 0 Å². The SMILES string of the molecule is COc1cccc(C(=O)Nc2ccccc2CC(=O)O)c1. The molecular formula is C16H15NO4. The molecule has 2 N–H and O–H groups in total. The fourth-order valence-electron chi connectivity index (χ4n) is 1.92. The second-order valence-electron chi connectivity index (χ2n) is 4.41. The summed E-state index contributed by atoms with van der Waals surface area (Å²) in [5.41, 5.74) is 1.49. The zero-order chi connectivity index (χ0) is 15.2. The van der Waals surface area contributed by atoms with E-state index in [0.29, 0.717) is 22.6 Å². The molecule has 5 nitrogen and oxygen atoms in total. The zero-order valence-corrected chi connectivity index (χ0v) is 11.5. The maximum atomic E-state index is 12.2. The third kappa shape index (κ3) is 3.82. The van der Waals surface area contributed by atoms with E-state index in [-0.39, 0.29) is 12.3 Å². The third-order valence-electron chi connectivity index (χ3n) is 2.94. The largest absolute Gasteiger partial charge is 0.497 e. The predicted octanol–water partition coefficient (Wildman–Crippen LogP) is 2.57. The van der Waals surface area contributed by atoms with Crippen molar-refractivity contribution in [1.29, 1.82) is 0 Å². The molecule has 5 heteroatoms. The van der Waals surface area contributed by atoms with Crippen molar-refractivity contribution in [3.8, 4) is 5.75 Å². The topological polar surface area (TPSA) is 75.6 Å². The van der Waals surface area contributed by atoms with Crippen LogP contribution in [0.5, 0.6) is 5.75 Å². The monoisotopic (exact) mass is 285 g/mol. The Hall–Kier alpha value is -2.82. The van der Waals surface area contributed by atoms with Crippen LogP contribution in [0.3, 0.4) is 0 Å². The van der Waals surface area contributed by atoms with Gasteiger partial charge in [0.2, 0.25) is 0 Å². The molecule has 0 aliphatic heterocycles. The van der Waals surface area contributed by atoms with Crippen LogP contribution in [0, 0.1) is 0 Å². The van der Waals surface area contributed by atoms with Gasteiger partial charge in [0.05, 0.1) is 13.5 Å². The van der Waals surface area contributed by atoms with E-state index in [0.717, 1.165) is 0 Å². The van der Waals surface area contributed by atoms with Crippen molar-refractivity contribution in [3.05, 3.63) is 59.7 Å². The quantitative estimate of drug-likeness (QED) is 0.885. The Bertz CT molecular complexity index is 667. The van der Waals surface area contributed by atoms with Gasteiger partial charge >= 0.3 is 5.97 Å². The Kier molecular flexibility index (Phi) is 4.56. The highest BCUT2D eigenvalue weighted by Gasteiger charge is 2.11. The number of carbonyl (C=O) groups is 2. The highest BCUT2D eigenvalue weighted by molar-refractivity contribution is 6.05. The molecule has 0 heterocycles. The Labute approximate surface area is 122 Å². The Morgan fingerprint density at radius 2 is 1.90 bits per heavy atom. The van der Waals surface area contributed by atoms with Crippen LogP contribution in [0.25, 0.3) is 0 Å². The number of hydrogen-bond acceptors (Lipinski definition) is 3. The van der Waals surface area contributed by atoms with Crippen LogP contribution < -0.4 is 10.1 Å². The second-order valence-corrected chi connectivity index (χ2v) is 4.41. The molecule has 0 radical (unpaired) electrons. The minimum Gasteiger partial charge on any atom is -0.497 e. The van der Waals surface area contributed by atoms with Gasteiger partial charge in [0.1, 0.15) is 5.75 Å². The minimum absolute atomic E-state index is 0.144. The van der Waals surface area contributed by atoms with Crippen LogP contribution in [0.1, 0.15) is 15.9 Å². The number of benzene rings is 2. The lowest BCUT2D eigenvalue weighted by Gasteiger charge is -2.10. The highest BCUT2D eigenvalue weighted by Crippen LogP contribution is 2.18. The minimum atomic E-state index is -0.946. The average Bonchev–Trinajstić information content (AvgIpc) is 2.48. The summed E-state index contributed by atoms with van der Waals surface area (Å²) < 4.78 is 5.07. The molecule has 108 valence electrons. The molecule has 21 heavy (non-hydrogen) atoms. The van der Waals surface area contributed by atoms with Crippen LogP contribution in [-0.4, -0.2) is 24.1 Å². The second kappa shape index (κ2) is 6.56. The lowest BCUT2D eigenvalue weighted by Crippen LogP contribution is -2.14. The number of carboxylic acids is 1. The van der Waals surface area contributed by atoms with Crippen LogP contribution in [-0.2, 0) is 11.2 Å². The molecule has 0 aromatic heterocycles. The summed E-state index contributed by atoms with van der Waals surface area (Å²) >= 11 is 0. The van der Waals surface area contributed by atoms with Gasteiger partial charge in [-0.05, 0) is 29.8 Å². The van der Waals surface area contributed by atoms with E-state index in [1.54, 1.807) is 48.5 Å². The molecule has 0 bridgehead atoms. The van der Waals surface area contributed by atoms with Crippen molar-refractivity contribution in [2.75, 3.05) is 12.4 Å². The van der Waals surface area contributed by atoms with Crippen LogP contribution >= 0.6 is 0 Å². The van der Waals surface area contributed by atoms with E-state index in [4.69, 9.17) is 9.84 Å². The lowest BCUT2D eigenvalue weighted by atomic mass is 10.1. The van der Waals surface area contributed by atoms with Gasteiger partial charge in [-0.1, -0.05) is 24.3 Å². The molecule has 1 amide bonds. The Morgan fingerprint density at radius 1 is 1.14 bits per heavy atom. The van der Waals surface area contributed by atoms with E-state index in [2.05, 4.69) is 5.32 Å². The van der Waals surface area contributed by atoms with Gasteiger partial charge in [-0.25, -0.2) is 0 Å². The number of ether oxygens (including phenoxy) is 1. The number of methoxy groups -OCH3 is 1. The summed E-state index contributed by atoms with van der Waals surface area (Å²) in [6.45, 7) is 0. The zero-order valence-electron chi connectivity index (χ0n) is 11.5. The number of anilines is 1. The molecule has 0 aliphatic rings. The number of hydrogen-bond donors (Lipinski definition) is 2. The normalized spacial score (nSPS) is 9.95. The van der Waals surface area contributed by atoms with Crippen molar-refractivity contribution in [3.63, 3.8) is 0 Å². The first-order valence-corrected chi connectivity index (χ1v) is 6.35. The van der Waals surface area contributed by atoms with Crippen molar-refractivity contribution in [2.45, 2.75) is 6.42 Å². The number of para-hydroxylation sites is 1. The molecule has 2 aromatic rings. The molecule has 0 unspecified atom stereocenters. The maximum Gasteiger partial charge on any atom is 0.307 e. The fraction of sp³-hybridized carbons (Fsp3) is 0.125. The van der Waals surface area contributed by atoms with Gasteiger partial charge in [0.15, 0.2) is 0 Å². The summed E-state index contributed by atoms with van der Waals surface area (Å²) in [5, 5.41) is 11.6. The first-order chi connectivity index (χ1) is 10.1. The van der Waals surface area contributed by atoms with Gasteiger partial charge in [0.25, 0.3) is 5.91 Å². The number of rotatable bonds is 5. The lowest BCUT2D eigenvalue weighted by molar-refractivity contribution is -0.136. The number of carboxylic acid groups (broad SMARTS) is 1. The fourth-order valence-corrected chi connectivity index (χ4v) is 1.92. The van der Waals surface area contributed by atoms with Gasteiger partial charge in [-0.15, -0.1) is 0 Å². The van der Waals surface area contributed by atoms with Crippen LogP contribution in [0.15, 0.2) is 48.5 Å². The Morgan fingerprint density at radius 3 is 2.62 bits per heavy atom. The molecule has 0 atom stereocenters. The predicted molar refractivity (Wildman–Crippen MR) is 78.7 cm³/mol. The molecule has 0 saturated heterocycles. The number of nitrogens with one attached hydrogen (secondary N) is 1. The van der Waals surface area contributed by atoms with Crippen LogP contribution in [0.4, 0.5) is 5.69 Å². The third-order valence-corrected chi connectivity index (χ3v) is 2.94. The highest BCUT2D eigenvalue weighted by atomic mass is 16.5. The van der Waals surface area contributed by atoms with E-state index < -0.39 is 5.97 Å². The van der Waals surface area contributed by atoms with Crippen molar-refractivity contribution in [2.24, 2.45) is 0 Å². The standard InChI is InChI=1S/C16H15NO4/c1-21-13-7-4-6-12(9-13)16(20)17-14-8-3-2-5-11(14)10-15(18)19/h2-9H,10H2,1H3,(H,17,20)(H,18,19). The maximum absolute atomic E-state index is 12.2. The smallest absolute Gasteiger partial charge is 0.307 e.